The van der Waals surface area contributed by atoms with Crippen LogP contribution in [0.2, 0.25) is 0 Å². The third-order valence-electron chi connectivity index (χ3n) is 2.51. The molecule has 0 aliphatic rings. The molecule has 0 radical (unpaired) electrons. The number of nitrogens with two attached hydrogens (primary N) is 1. The van der Waals surface area contributed by atoms with Gasteiger partial charge in [-0.15, -0.1) is 0 Å². The maximum atomic E-state index is 8.82. The van der Waals surface area contributed by atoms with Crippen LogP contribution < -0.4 is 5.73 Å². The highest BCUT2D eigenvalue weighted by Crippen LogP contribution is 2.22. The molecule has 0 aliphatic carbocycles. The molecule has 0 saturated carbocycles. The molecule has 1 heterocycles. The Morgan fingerprint density at radius 3 is 2.88 bits per heavy atom. The first-order valence-electron chi connectivity index (χ1n) is 5.27. The van der Waals surface area contributed by atoms with Gasteiger partial charge in [0.25, 0.3) is 0 Å². The van der Waals surface area contributed by atoms with Crippen molar-refractivity contribution in [2.45, 2.75) is 13.1 Å². The lowest BCUT2D eigenvalue weighted by atomic mass is 10.0. The summed E-state index contributed by atoms with van der Waals surface area (Å²) in [6.07, 6.45) is 3.72. The molecule has 16 heavy (non-hydrogen) atoms. The number of hydrogen-bond donors (Lipinski definition) is 2. The minimum Gasteiger partial charge on any atom is -0.394 e. The van der Waals surface area contributed by atoms with Crippen molar-refractivity contribution in [2.75, 3.05) is 6.61 Å². The summed E-state index contributed by atoms with van der Waals surface area (Å²) in [5.74, 6) is 0. The van der Waals surface area contributed by atoms with Crippen LogP contribution >= 0.6 is 0 Å². The summed E-state index contributed by atoms with van der Waals surface area (Å²) >= 11 is 0. The fourth-order valence-corrected chi connectivity index (χ4v) is 1.71. The molecule has 0 bridgehead atoms. The van der Waals surface area contributed by atoms with Gasteiger partial charge in [-0.3, -0.25) is 4.68 Å². The van der Waals surface area contributed by atoms with E-state index in [-0.39, 0.29) is 6.61 Å². The summed E-state index contributed by atoms with van der Waals surface area (Å²) in [5.41, 5.74) is 8.93. The first-order valence-corrected chi connectivity index (χ1v) is 5.27. The maximum Gasteiger partial charge on any atom is 0.0641 e. The van der Waals surface area contributed by atoms with Gasteiger partial charge in [0.1, 0.15) is 0 Å². The second kappa shape index (κ2) is 4.92. The van der Waals surface area contributed by atoms with Crippen LogP contribution in [0.5, 0.6) is 0 Å². The Morgan fingerprint density at radius 1 is 1.31 bits per heavy atom. The standard InChI is InChI=1S/C12H15N3O/c13-7-10-3-1-2-4-12(10)11-8-14-15(9-11)5-6-16/h1-4,8-9,16H,5-7,13H2. The lowest BCUT2D eigenvalue weighted by Gasteiger charge is -2.04. The van der Waals surface area contributed by atoms with Gasteiger partial charge in [0.05, 0.1) is 19.3 Å². The Labute approximate surface area is 94.3 Å². The van der Waals surface area contributed by atoms with E-state index in [2.05, 4.69) is 5.10 Å². The highest BCUT2D eigenvalue weighted by atomic mass is 16.3. The number of nitrogens with zero attached hydrogens (tertiary/aromatic N) is 2. The molecule has 0 fully saturated rings. The minimum absolute atomic E-state index is 0.0969. The lowest BCUT2D eigenvalue weighted by molar-refractivity contribution is 0.269. The van der Waals surface area contributed by atoms with Gasteiger partial charge in [-0.05, 0) is 11.1 Å². The summed E-state index contributed by atoms with van der Waals surface area (Å²) in [6.45, 7) is 1.13. The van der Waals surface area contributed by atoms with Crippen LogP contribution in [0.1, 0.15) is 5.56 Å². The Bertz CT molecular complexity index is 465. The van der Waals surface area contributed by atoms with Crippen LogP contribution in [0, 0.1) is 0 Å². The summed E-state index contributed by atoms with van der Waals surface area (Å²) in [7, 11) is 0. The van der Waals surface area contributed by atoms with Gasteiger partial charge in [0.2, 0.25) is 0 Å². The van der Waals surface area contributed by atoms with E-state index >= 15 is 0 Å². The average molecular weight is 217 g/mol. The Balaban J connectivity index is 2.34. The molecule has 84 valence electrons. The average Bonchev–Trinajstić information content (AvgIpc) is 2.78. The van der Waals surface area contributed by atoms with Crippen molar-refractivity contribution in [2.24, 2.45) is 5.73 Å². The van der Waals surface area contributed by atoms with E-state index in [1.165, 1.54) is 0 Å². The number of rotatable bonds is 4. The van der Waals surface area contributed by atoms with Gasteiger partial charge in [0, 0.05) is 18.3 Å². The minimum atomic E-state index is 0.0969. The zero-order chi connectivity index (χ0) is 11.4. The maximum absolute atomic E-state index is 8.82. The van der Waals surface area contributed by atoms with Gasteiger partial charge < -0.3 is 10.8 Å². The Morgan fingerprint density at radius 2 is 2.12 bits per heavy atom. The predicted molar refractivity (Wildman–Crippen MR) is 62.6 cm³/mol. The molecule has 0 spiro atoms. The molecule has 0 unspecified atom stereocenters. The highest BCUT2D eigenvalue weighted by Gasteiger charge is 2.05. The predicted octanol–water partition coefficient (Wildman–Crippen LogP) is 1.00. The quantitative estimate of drug-likeness (QED) is 0.803. The number of aliphatic hydroxyl groups is 1. The van der Waals surface area contributed by atoms with E-state index in [0.717, 1.165) is 16.7 Å². The molecule has 0 amide bonds. The van der Waals surface area contributed by atoms with Gasteiger partial charge in [0.15, 0.2) is 0 Å². The van der Waals surface area contributed by atoms with Crippen molar-refractivity contribution in [3.63, 3.8) is 0 Å². The molecule has 4 nitrogen and oxygen atoms in total. The topological polar surface area (TPSA) is 64.1 Å². The van der Waals surface area contributed by atoms with Crippen molar-refractivity contribution in [3.8, 4) is 11.1 Å². The highest BCUT2D eigenvalue weighted by molar-refractivity contribution is 5.65. The third kappa shape index (κ3) is 2.13. The van der Waals surface area contributed by atoms with E-state index in [1.54, 1.807) is 10.9 Å². The fraction of sp³-hybridized carbons (Fsp3) is 0.250. The van der Waals surface area contributed by atoms with Crippen molar-refractivity contribution >= 4 is 0 Å². The molecule has 0 atom stereocenters. The number of benzene rings is 1. The summed E-state index contributed by atoms with van der Waals surface area (Å²) in [4.78, 5) is 0. The Hall–Kier alpha value is -1.65. The third-order valence-corrected chi connectivity index (χ3v) is 2.51. The summed E-state index contributed by atoms with van der Waals surface area (Å²) in [5, 5.41) is 13.0. The molecule has 4 heteroatoms. The van der Waals surface area contributed by atoms with Gasteiger partial charge in [-0.25, -0.2) is 0 Å². The van der Waals surface area contributed by atoms with Crippen LogP contribution in [0.3, 0.4) is 0 Å². The Kier molecular flexibility index (Phi) is 3.34. The number of aromatic nitrogens is 2. The molecule has 1 aromatic carbocycles. The molecular weight excluding hydrogens is 202 g/mol. The van der Waals surface area contributed by atoms with Crippen LogP contribution in [-0.4, -0.2) is 21.5 Å². The smallest absolute Gasteiger partial charge is 0.0641 e. The van der Waals surface area contributed by atoms with Crippen LogP contribution in [0.15, 0.2) is 36.7 Å². The van der Waals surface area contributed by atoms with Crippen LogP contribution in [0.25, 0.3) is 11.1 Å². The molecule has 2 rings (SSSR count). The largest absolute Gasteiger partial charge is 0.394 e. The molecule has 1 aromatic heterocycles. The number of hydrogen-bond acceptors (Lipinski definition) is 3. The SMILES string of the molecule is NCc1ccccc1-c1cnn(CCO)c1. The number of aliphatic hydroxyl groups excluding tert-OH is 1. The van der Waals surface area contributed by atoms with Crippen molar-refractivity contribution in [3.05, 3.63) is 42.2 Å². The zero-order valence-electron chi connectivity index (χ0n) is 9.00. The van der Waals surface area contributed by atoms with Crippen molar-refractivity contribution in [1.29, 1.82) is 0 Å². The van der Waals surface area contributed by atoms with Crippen LogP contribution in [-0.2, 0) is 13.1 Å². The first-order chi connectivity index (χ1) is 7.85. The van der Waals surface area contributed by atoms with Gasteiger partial charge >= 0.3 is 0 Å². The summed E-state index contributed by atoms with van der Waals surface area (Å²) in [6, 6.07) is 8.00. The monoisotopic (exact) mass is 217 g/mol. The van der Waals surface area contributed by atoms with E-state index in [0.29, 0.717) is 13.1 Å². The van der Waals surface area contributed by atoms with Gasteiger partial charge in [-0.2, -0.15) is 5.10 Å². The molecular formula is C12H15N3O. The molecule has 0 saturated heterocycles. The second-order valence-corrected chi connectivity index (χ2v) is 3.58. The lowest BCUT2D eigenvalue weighted by Crippen LogP contribution is -2.01. The zero-order valence-corrected chi connectivity index (χ0v) is 9.00. The summed E-state index contributed by atoms with van der Waals surface area (Å²) < 4.78 is 1.72. The van der Waals surface area contributed by atoms with E-state index in [1.807, 2.05) is 30.5 Å². The van der Waals surface area contributed by atoms with E-state index in [9.17, 15) is 0 Å². The van der Waals surface area contributed by atoms with Gasteiger partial charge in [-0.1, -0.05) is 24.3 Å². The van der Waals surface area contributed by atoms with Crippen LogP contribution in [0.4, 0.5) is 0 Å². The molecule has 2 aromatic rings. The van der Waals surface area contributed by atoms with E-state index < -0.39 is 0 Å². The fourth-order valence-electron chi connectivity index (χ4n) is 1.71. The normalized spacial score (nSPS) is 10.6. The molecule has 3 N–H and O–H groups in total. The van der Waals surface area contributed by atoms with E-state index in [4.69, 9.17) is 10.8 Å². The second-order valence-electron chi connectivity index (χ2n) is 3.58. The van der Waals surface area contributed by atoms with Crippen molar-refractivity contribution < 1.29 is 5.11 Å². The first kappa shape index (κ1) is 10.9. The molecule has 0 aliphatic heterocycles. The van der Waals surface area contributed by atoms with Crippen molar-refractivity contribution in [1.82, 2.24) is 9.78 Å².